The second kappa shape index (κ2) is 7.40. The third-order valence-electron chi connectivity index (χ3n) is 5.43. The van der Waals surface area contributed by atoms with Gasteiger partial charge >= 0.3 is 0 Å². The molecule has 124 valence electrons. The number of nitrogens with zero attached hydrogens (tertiary/aromatic N) is 3. The minimum Gasteiger partial charge on any atom is -0.301 e. The van der Waals surface area contributed by atoms with E-state index in [1.165, 1.54) is 58.7 Å². The molecule has 0 bridgehead atoms. The van der Waals surface area contributed by atoms with Gasteiger partial charge in [0.1, 0.15) is 0 Å². The van der Waals surface area contributed by atoms with Gasteiger partial charge in [0.15, 0.2) is 0 Å². The number of hydrogen-bond donors (Lipinski definition) is 1. The van der Waals surface area contributed by atoms with E-state index in [-0.39, 0.29) is 5.66 Å². The van der Waals surface area contributed by atoms with Crippen LogP contribution in [-0.2, 0) is 0 Å². The average Bonchev–Trinajstić information content (AvgIpc) is 2.47. The lowest BCUT2D eigenvalue weighted by molar-refractivity contribution is 0.0179. The second-order valence-electron chi connectivity index (χ2n) is 7.53. The summed E-state index contributed by atoms with van der Waals surface area (Å²) < 4.78 is 0. The Morgan fingerprint density at radius 3 is 2.05 bits per heavy atom. The van der Waals surface area contributed by atoms with Crippen molar-refractivity contribution in [3.05, 3.63) is 0 Å². The van der Waals surface area contributed by atoms with Gasteiger partial charge < -0.3 is 9.80 Å². The van der Waals surface area contributed by atoms with E-state index in [4.69, 9.17) is 0 Å². The van der Waals surface area contributed by atoms with E-state index in [1.807, 2.05) is 0 Å². The Labute approximate surface area is 131 Å². The summed E-state index contributed by atoms with van der Waals surface area (Å²) in [7, 11) is 0. The number of piperazine rings is 1. The van der Waals surface area contributed by atoms with Gasteiger partial charge in [-0.2, -0.15) is 0 Å². The molecule has 0 atom stereocenters. The number of likely N-dealkylation sites (tertiary alicyclic amines) is 1. The monoisotopic (exact) mass is 296 g/mol. The number of likely N-dealkylation sites (N-methyl/N-ethyl adjacent to an activating group) is 1. The van der Waals surface area contributed by atoms with Gasteiger partial charge in [0, 0.05) is 38.3 Å². The first-order valence-electron chi connectivity index (χ1n) is 8.91. The molecule has 0 saturated carbocycles. The predicted molar refractivity (Wildman–Crippen MR) is 90.6 cm³/mol. The minimum atomic E-state index is 0.129. The van der Waals surface area contributed by atoms with Gasteiger partial charge in [0.2, 0.25) is 0 Å². The Morgan fingerprint density at radius 1 is 1.00 bits per heavy atom. The maximum absolute atomic E-state index is 3.94. The van der Waals surface area contributed by atoms with Gasteiger partial charge in [0.25, 0.3) is 0 Å². The molecule has 2 heterocycles. The molecule has 1 N–H and O–H groups in total. The normalized spacial score (nSPS) is 24.9. The van der Waals surface area contributed by atoms with Crippen molar-refractivity contribution in [3.8, 4) is 0 Å². The van der Waals surface area contributed by atoms with E-state index in [0.717, 1.165) is 0 Å². The zero-order valence-corrected chi connectivity index (χ0v) is 14.9. The van der Waals surface area contributed by atoms with E-state index < -0.39 is 0 Å². The highest BCUT2D eigenvalue weighted by Gasteiger charge is 2.32. The molecule has 2 aliphatic heterocycles. The van der Waals surface area contributed by atoms with Crippen molar-refractivity contribution in [1.29, 1.82) is 0 Å². The molecule has 21 heavy (non-hydrogen) atoms. The molecular weight excluding hydrogens is 260 g/mol. The van der Waals surface area contributed by atoms with E-state index in [9.17, 15) is 0 Å². The zero-order valence-electron chi connectivity index (χ0n) is 14.9. The highest BCUT2D eigenvalue weighted by molar-refractivity contribution is 4.89. The number of nitrogens with one attached hydrogen (secondary N) is 1. The zero-order chi connectivity index (χ0) is 15.5. The Kier molecular flexibility index (Phi) is 6.06. The van der Waals surface area contributed by atoms with Crippen molar-refractivity contribution in [1.82, 2.24) is 20.0 Å². The number of piperidine rings is 1. The minimum absolute atomic E-state index is 0.129. The first-order valence-corrected chi connectivity index (χ1v) is 8.91. The molecule has 0 unspecified atom stereocenters. The summed E-state index contributed by atoms with van der Waals surface area (Å²) in [5, 5.41) is 3.94. The number of rotatable bonds is 5. The molecule has 0 aromatic rings. The summed E-state index contributed by atoms with van der Waals surface area (Å²) in [6.07, 6.45) is 2.58. The summed E-state index contributed by atoms with van der Waals surface area (Å²) in [6.45, 7) is 20.1. The molecule has 2 fully saturated rings. The lowest BCUT2D eigenvalue weighted by Crippen LogP contribution is -2.63. The van der Waals surface area contributed by atoms with Crippen LogP contribution < -0.4 is 5.32 Å². The van der Waals surface area contributed by atoms with Crippen LogP contribution in [0.1, 0.15) is 47.5 Å². The van der Waals surface area contributed by atoms with Crippen molar-refractivity contribution >= 4 is 0 Å². The SMILES string of the molecule is CCN1CCN(C(C)(C)NC2CCN(C(C)C)CC2)CC1. The number of hydrogen-bond acceptors (Lipinski definition) is 4. The highest BCUT2D eigenvalue weighted by Crippen LogP contribution is 2.19. The Morgan fingerprint density at radius 2 is 1.57 bits per heavy atom. The van der Waals surface area contributed by atoms with Crippen molar-refractivity contribution in [3.63, 3.8) is 0 Å². The summed E-state index contributed by atoms with van der Waals surface area (Å²) >= 11 is 0. The summed E-state index contributed by atoms with van der Waals surface area (Å²) in [5.74, 6) is 0. The van der Waals surface area contributed by atoms with Crippen LogP contribution in [0.4, 0.5) is 0 Å². The summed E-state index contributed by atoms with van der Waals surface area (Å²) in [4.78, 5) is 7.78. The maximum atomic E-state index is 3.94. The fourth-order valence-electron chi connectivity index (χ4n) is 3.77. The van der Waals surface area contributed by atoms with Crippen LogP contribution in [0, 0.1) is 0 Å². The van der Waals surface area contributed by atoms with Crippen LogP contribution in [0.15, 0.2) is 0 Å². The standard InChI is InChI=1S/C17H36N4/c1-6-19-11-13-21(14-12-19)17(4,5)18-16-7-9-20(10-8-16)15(2)3/h15-16,18H,6-14H2,1-5H3. The van der Waals surface area contributed by atoms with Crippen molar-refractivity contribution in [2.75, 3.05) is 45.8 Å². The van der Waals surface area contributed by atoms with E-state index >= 15 is 0 Å². The smallest absolute Gasteiger partial charge is 0.0657 e. The quantitative estimate of drug-likeness (QED) is 0.835. The fraction of sp³-hybridized carbons (Fsp3) is 1.00. The second-order valence-corrected chi connectivity index (χ2v) is 7.53. The fourth-order valence-corrected chi connectivity index (χ4v) is 3.77. The highest BCUT2D eigenvalue weighted by atomic mass is 15.4. The lowest BCUT2D eigenvalue weighted by Gasteiger charge is -2.47. The molecule has 0 amide bonds. The topological polar surface area (TPSA) is 21.8 Å². The summed E-state index contributed by atoms with van der Waals surface area (Å²) in [6, 6.07) is 1.38. The molecule has 2 aliphatic rings. The van der Waals surface area contributed by atoms with Gasteiger partial charge in [-0.25, -0.2) is 0 Å². The Hall–Kier alpha value is -0.160. The molecule has 0 aromatic carbocycles. The largest absolute Gasteiger partial charge is 0.301 e. The summed E-state index contributed by atoms with van der Waals surface area (Å²) in [5.41, 5.74) is 0.129. The third kappa shape index (κ3) is 4.65. The van der Waals surface area contributed by atoms with E-state index in [0.29, 0.717) is 12.1 Å². The molecule has 0 radical (unpaired) electrons. The Bertz CT molecular complexity index is 300. The van der Waals surface area contributed by atoms with Crippen LogP contribution in [0.2, 0.25) is 0 Å². The average molecular weight is 297 g/mol. The molecule has 4 heteroatoms. The molecule has 0 aromatic heterocycles. The van der Waals surface area contributed by atoms with Gasteiger partial charge in [0.05, 0.1) is 5.66 Å². The van der Waals surface area contributed by atoms with E-state index in [1.54, 1.807) is 0 Å². The van der Waals surface area contributed by atoms with Gasteiger partial charge in [-0.1, -0.05) is 6.92 Å². The Balaban J connectivity index is 1.79. The van der Waals surface area contributed by atoms with Crippen LogP contribution in [0.25, 0.3) is 0 Å². The van der Waals surface area contributed by atoms with Crippen molar-refractivity contribution in [2.45, 2.75) is 65.2 Å². The van der Waals surface area contributed by atoms with Crippen LogP contribution >= 0.6 is 0 Å². The van der Waals surface area contributed by atoms with E-state index in [2.05, 4.69) is 54.6 Å². The molecule has 0 aliphatic carbocycles. The third-order valence-corrected chi connectivity index (χ3v) is 5.43. The van der Waals surface area contributed by atoms with Crippen LogP contribution in [0.5, 0.6) is 0 Å². The van der Waals surface area contributed by atoms with Crippen molar-refractivity contribution in [2.24, 2.45) is 0 Å². The van der Waals surface area contributed by atoms with Gasteiger partial charge in [-0.15, -0.1) is 0 Å². The van der Waals surface area contributed by atoms with Crippen LogP contribution in [-0.4, -0.2) is 78.3 Å². The van der Waals surface area contributed by atoms with Gasteiger partial charge in [-0.05, 0) is 60.2 Å². The predicted octanol–water partition coefficient (Wildman–Crippen LogP) is 1.82. The molecule has 2 saturated heterocycles. The van der Waals surface area contributed by atoms with Gasteiger partial charge in [-0.3, -0.25) is 10.2 Å². The molecular formula is C17H36N4. The molecule has 0 spiro atoms. The first kappa shape index (κ1) is 17.2. The molecule has 4 nitrogen and oxygen atoms in total. The molecule has 2 rings (SSSR count). The van der Waals surface area contributed by atoms with Crippen molar-refractivity contribution < 1.29 is 0 Å². The lowest BCUT2D eigenvalue weighted by atomic mass is 10.0. The maximum Gasteiger partial charge on any atom is 0.0657 e. The van der Waals surface area contributed by atoms with Crippen LogP contribution in [0.3, 0.4) is 0 Å². The first-order chi connectivity index (χ1) is 9.92.